The standard InChI is InChI=1S/C25H21NO/c1-19-23-17-22(27-2)14-16-25(23)26(18-21-11-7-4-8-12-21)24(19)15-13-20-9-5-3-6-10-20/h3-12,14,16-17H,18H2,1-2H3. The Morgan fingerprint density at radius 1 is 0.852 bits per heavy atom. The lowest BCUT2D eigenvalue weighted by atomic mass is 10.1. The summed E-state index contributed by atoms with van der Waals surface area (Å²) in [4.78, 5) is 0. The maximum absolute atomic E-state index is 5.43. The van der Waals surface area contributed by atoms with Crippen LogP contribution in [0.3, 0.4) is 0 Å². The highest BCUT2D eigenvalue weighted by Gasteiger charge is 2.14. The minimum Gasteiger partial charge on any atom is -0.497 e. The largest absolute Gasteiger partial charge is 0.497 e. The van der Waals surface area contributed by atoms with E-state index in [4.69, 9.17) is 4.74 Å². The molecule has 132 valence electrons. The summed E-state index contributed by atoms with van der Waals surface area (Å²) in [6.45, 7) is 2.93. The Bertz CT molecular complexity index is 1130. The third kappa shape index (κ3) is 3.45. The van der Waals surface area contributed by atoms with Gasteiger partial charge in [-0.3, -0.25) is 0 Å². The van der Waals surface area contributed by atoms with Crippen molar-refractivity contribution in [2.75, 3.05) is 7.11 Å². The summed E-state index contributed by atoms with van der Waals surface area (Å²) < 4.78 is 7.73. The van der Waals surface area contributed by atoms with Gasteiger partial charge < -0.3 is 9.30 Å². The topological polar surface area (TPSA) is 14.2 Å². The van der Waals surface area contributed by atoms with Crippen molar-refractivity contribution in [3.05, 3.63) is 101 Å². The van der Waals surface area contributed by atoms with Crippen LogP contribution in [0.4, 0.5) is 0 Å². The minimum absolute atomic E-state index is 0.788. The first-order chi connectivity index (χ1) is 13.3. The summed E-state index contributed by atoms with van der Waals surface area (Å²) >= 11 is 0. The van der Waals surface area contributed by atoms with E-state index in [1.807, 2.05) is 42.5 Å². The molecule has 0 N–H and O–H groups in total. The fourth-order valence-corrected chi connectivity index (χ4v) is 3.37. The zero-order valence-corrected chi connectivity index (χ0v) is 15.6. The lowest BCUT2D eigenvalue weighted by Gasteiger charge is -2.08. The summed E-state index contributed by atoms with van der Waals surface area (Å²) in [5.74, 6) is 7.60. The van der Waals surface area contributed by atoms with Gasteiger partial charge >= 0.3 is 0 Å². The van der Waals surface area contributed by atoms with E-state index >= 15 is 0 Å². The van der Waals surface area contributed by atoms with Crippen molar-refractivity contribution in [3.63, 3.8) is 0 Å². The van der Waals surface area contributed by atoms with Gasteiger partial charge in [0.1, 0.15) is 5.75 Å². The van der Waals surface area contributed by atoms with Gasteiger partial charge in [-0.25, -0.2) is 0 Å². The highest BCUT2D eigenvalue weighted by molar-refractivity contribution is 5.88. The van der Waals surface area contributed by atoms with Crippen LogP contribution in [0.15, 0.2) is 78.9 Å². The molecule has 3 aromatic carbocycles. The number of aromatic nitrogens is 1. The normalized spacial score (nSPS) is 10.4. The Labute approximate surface area is 160 Å². The third-order valence-electron chi connectivity index (χ3n) is 4.81. The molecule has 4 aromatic rings. The van der Waals surface area contributed by atoms with Crippen molar-refractivity contribution in [1.82, 2.24) is 4.57 Å². The van der Waals surface area contributed by atoms with Crippen LogP contribution in [-0.4, -0.2) is 11.7 Å². The molecule has 0 saturated heterocycles. The molecule has 0 bridgehead atoms. The van der Waals surface area contributed by atoms with Crippen LogP contribution in [0.25, 0.3) is 10.9 Å². The average molecular weight is 351 g/mol. The molecule has 1 aromatic heterocycles. The second-order valence-corrected chi connectivity index (χ2v) is 6.54. The smallest absolute Gasteiger partial charge is 0.119 e. The van der Waals surface area contributed by atoms with Gasteiger partial charge in [0.15, 0.2) is 0 Å². The van der Waals surface area contributed by atoms with Crippen LogP contribution < -0.4 is 4.74 Å². The summed E-state index contributed by atoms with van der Waals surface area (Å²) in [6.07, 6.45) is 0. The highest BCUT2D eigenvalue weighted by Crippen LogP contribution is 2.29. The molecule has 1 heterocycles. The molecule has 0 spiro atoms. The van der Waals surface area contributed by atoms with Crippen molar-refractivity contribution >= 4 is 10.9 Å². The number of ether oxygens (including phenoxy) is 1. The fourth-order valence-electron chi connectivity index (χ4n) is 3.37. The monoisotopic (exact) mass is 351 g/mol. The van der Waals surface area contributed by atoms with Crippen LogP contribution in [-0.2, 0) is 6.54 Å². The fraction of sp³-hybridized carbons (Fsp3) is 0.120. The Kier molecular flexibility index (Phi) is 4.68. The predicted molar refractivity (Wildman–Crippen MR) is 111 cm³/mol. The number of hydrogen-bond acceptors (Lipinski definition) is 1. The van der Waals surface area contributed by atoms with Gasteiger partial charge in [0.05, 0.1) is 12.8 Å². The second-order valence-electron chi connectivity index (χ2n) is 6.54. The molecule has 4 rings (SSSR count). The molecule has 0 unspecified atom stereocenters. The van der Waals surface area contributed by atoms with E-state index in [0.717, 1.165) is 23.6 Å². The average Bonchev–Trinajstić information content (AvgIpc) is 2.98. The number of hydrogen-bond donors (Lipinski definition) is 0. The molecule has 0 atom stereocenters. The van der Waals surface area contributed by atoms with E-state index in [0.29, 0.717) is 0 Å². The van der Waals surface area contributed by atoms with Crippen LogP contribution in [0.2, 0.25) is 0 Å². The zero-order chi connectivity index (χ0) is 18.6. The van der Waals surface area contributed by atoms with Crippen LogP contribution in [0.5, 0.6) is 5.75 Å². The van der Waals surface area contributed by atoms with E-state index in [2.05, 4.69) is 59.7 Å². The van der Waals surface area contributed by atoms with E-state index in [1.165, 1.54) is 22.0 Å². The van der Waals surface area contributed by atoms with E-state index in [-0.39, 0.29) is 0 Å². The maximum Gasteiger partial charge on any atom is 0.119 e. The van der Waals surface area contributed by atoms with Crippen molar-refractivity contribution in [2.24, 2.45) is 0 Å². The summed E-state index contributed by atoms with van der Waals surface area (Å²) in [5, 5.41) is 1.18. The summed E-state index contributed by atoms with van der Waals surface area (Å²) in [5.41, 5.74) is 5.68. The van der Waals surface area contributed by atoms with E-state index in [1.54, 1.807) is 7.11 Å². The Morgan fingerprint density at radius 2 is 1.56 bits per heavy atom. The molecule has 27 heavy (non-hydrogen) atoms. The summed E-state index contributed by atoms with van der Waals surface area (Å²) in [7, 11) is 1.70. The zero-order valence-electron chi connectivity index (χ0n) is 15.6. The van der Waals surface area contributed by atoms with Gasteiger partial charge in [0.25, 0.3) is 0 Å². The molecule has 0 radical (unpaired) electrons. The van der Waals surface area contributed by atoms with Crippen LogP contribution in [0, 0.1) is 18.8 Å². The van der Waals surface area contributed by atoms with E-state index < -0.39 is 0 Å². The number of rotatable bonds is 3. The van der Waals surface area contributed by atoms with E-state index in [9.17, 15) is 0 Å². The second kappa shape index (κ2) is 7.43. The van der Waals surface area contributed by atoms with Crippen LogP contribution in [0.1, 0.15) is 22.4 Å². The Balaban J connectivity index is 1.88. The first-order valence-electron chi connectivity index (χ1n) is 9.04. The van der Waals surface area contributed by atoms with Crippen molar-refractivity contribution in [2.45, 2.75) is 13.5 Å². The lowest BCUT2D eigenvalue weighted by molar-refractivity contribution is 0.415. The van der Waals surface area contributed by atoms with Crippen molar-refractivity contribution < 1.29 is 4.74 Å². The lowest BCUT2D eigenvalue weighted by Crippen LogP contribution is -2.02. The van der Waals surface area contributed by atoms with Gasteiger partial charge in [0, 0.05) is 23.0 Å². The molecule has 2 nitrogen and oxygen atoms in total. The molecule has 0 aliphatic heterocycles. The van der Waals surface area contributed by atoms with Gasteiger partial charge in [-0.05, 0) is 54.3 Å². The van der Waals surface area contributed by atoms with Gasteiger partial charge in [-0.1, -0.05) is 54.5 Å². The highest BCUT2D eigenvalue weighted by atomic mass is 16.5. The number of benzene rings is 3. The summed E-state index contributed by atoms with van der Waals surface area (Å²) in [6, 6.07) is 26.8. The third-order valence-corrected chi connectivity index (χ3v) is 4.81. The van der Waals surface area contributed by atoms with Crippen LogP contribution >= 0.6 is 0 Å². The van der Waals surface area contributed by atoms with Crippen molar-refractivity contribution in [3.8, 4) is 17.6 Å². The number of aryl methyl sites for hydroxylation is 1. The molecular formula is C25H21NO. The molecule has 0 amide bonds. The predicted octanol–water partition coefficient (Wildman–Crippen LogP) is 5.41. The minimum atomic E-state index is 0.788. The maximum atomic E-state index is 5.43. The Morgan fingerprint density at radius 3 is 2.26 bits per heavy atom. The van der Waals surface area contributed by atoms with Gasteiger partial charge in [-0.15, -0.1) is 0 Å². The molecule has 2 heteroatoms. The number of nitrogens with zero attached hydrogens (tertiary/aromatic N) is 1. The number of fused-ring (bicyclic) bond motifs is 1. The quantitative estimate of drug-likeness (QED) is 0.450. The first-order valence-corrected chi connectivity index (χ1v) is 9.04. The molecule has 0 aliphatic rings. The van der Waals surface area contributed by atoms with Gasteiger partial charge in [0.2, 0.25) is 0 Å². The molecule has 0 fully saturated rings. The van der Waals surface area contributed by atoms with Crippen molar-refractivity contribution in [1.29, 1.82) is 0 Å². The SMILES string of the molecule is COc1ccc2c(c1)c(C)c(C#Cc1ccccc1)n2Cc1ccccc1. The number of methoxy groups -OCH3 is 1. The molecule has 0 aliphatic carbocycles. The Hall–Kier alpha value is -3.44. The molecule has 0 saturated carbocycles. The first kappa shape index (κ1) is 17.0. The molecular weight excluding hydrogens is 330 g/mol. The van der Waals surface area contributed by atoms with Gasteiger partial charge in [-0.2, -0.15) is 0 Å².